The molecule has 0 fully saturated rings. The van der Waals surface area contributed by atoms with Gasteiger partial charge in [-0.25, -0.2) is 4.98 Å². The molecule has 0 aliphatic rings. The van der Waals surface area contributed by atoms with E-state index in [2.05, 4.69) is 25.5 Å². The van der Waals surface area contributed by atoms with E-state index in [1.807, 2.05) is 14.0 Å². The summed E-state index contributed by atoms with van der Waals surface area (Å²) in [6, 6.07) is 2.16. The van der Waals surface area contributed by atoms with Gasteiger partial charge in [-0.3, -0.25) is 4.99 Å². The van der Waals surface area contributed by atoms with Crippen LogP contribution in [0.15, 0.2) is 23.3 Å². The summed E-state index contributed by atoms with van der Waals surface area (Å²) in [5.41, 5.74) is -0.799. The number of likely N-dealkylation sites (N-methyl/N-ethyl adjacent to an activating group) is 1. The van der Waals surface area contributed by atoms with Gasteiger partial charge in [0.1, 0.15) is 6.61 Å². The SMILES string of the molecule is CCNC(=NCCN(C)CCCOC)NCCOc1ccc(C(F)(F)F)cn1.I. The molecule has 0 bridgehead atoms. The van der Waals surface area contributed by atoms with Crippen LogP contribution in [0, 0.1) is 0 Å². The molecule has 0 amide bonds. The standard InChI is InChI=1S/C18H30F3N5O2.HI/c1-4-22-17(23-8-11-26(2)10-5-12-27-3)24-9-13-28-16-7-6-15(14-25-16)18(19,20)21;/h6-7,14H,4-5,8-13H2,1-3H3,(H2,22,23,24);1H. The molecule has 168 valence electrons. The predicted octanol–water partition coefficient (Wildman–Crippen LogP) is 2.62. The van der Waals surface area contributed by atoms with Crippen LogP contribution in [0.1, 0.15) is 18.9 Å². The number of halogens is 4. The van der Waals surface area contributed by atoms with E-state index in [4.69, 9.17) is 9.47 Å². The molecule has 0 saturated heterocycles. The normalized spacial score (nSPS) is 11.9. The minimum Gasteiger partial charge on any atom is -0.476 e. The van der Waals surface area contributed by atoms with Crippen LogP contribution in [-0.4, -0.2) is 75.9 Å². The second-order valence-corrected chi connectivity index (χ2v) is 6.07. The van der Waals surface area contributed by atoms with Crippen LogP contribution in [-0.2, 0) is 10.9 Å². The lowest BCUT2D eigenvalue weighted by Crippen LogP contribution is -2.40. The first-order valence-corrected chi connectivity index (χ1v) is 9.22. The average molecular weight is 533 g/mol. The van der Waals surface area contributed by atoms with Gasteiger partial charge in [-0.05, 0) is 26.5 Å². The van der Waals surface area contributed by atoms with Gasteiger partial charge in [-0.1, -0.05) is 0 Å². The van der Waals surface area contributed by atoms with Gasteiger partial charge in [-0.15, -0.1) is 24.0 Å². The third-order valence-corrected chi connectivity index (χ3v) is 3.69. The Morgan fingerprint density at radius 2 is 1.97 bits per heavy atom. The maximum atomic E-state index is 12.5. The Hall–Kier alpha value is -1.34. The van der Waals surface area contributed by atoms with E-state index in [9.17, 15) is 13.2 Å². The van der Waals surface area contributed by atoms with Gasteiger partial charge < -0.3 is 25.0 Å². The Balaban J connectivity index is 0.00000784. The molecular weight excluding hydrogens is 502 g/mol. The smallest absolute Gasteiger partial charge is 0.417 e. The number of alkyl halides is 3. The van der Waals surface area contributed by atoms with Gasteiger partial charge in [0.05, 0.1) is 18.7 Å². The molecule has 0 aliphatic carbocycles. The van der Waals surface area contributed by atoms with Crippen molar-refractivity contribution in [2.75, 3.05) is 60.1 Å². The van der Waals surface area contributed by atoms with Crippen LogP contribution in [0.3, 0.4) is 0 Å². The van der Waals surface area contributed by atoms with Crippen LogP contribution in [0.25, 0.3) is 0 Å². The Bertz CT molecular complexity index is 574. The molecule has 1 rings (SSSR count). The third-order valence-electron chi connectivity index (χ3n) is 3.69. The second kappa shape index (κ2) is 15.5. The van der Waals surface area contributed by atoms with Crippen LogP contribution in [0.5, 0.6) is 5.88 Å². The molecule has 0 spiro atoms. The van der Waals surface area contributed by atoms with E-state index in [0.717, 1.165) is 44.9 Å². The summed E-state index contributed by atoms with van der Waals surface area (Å²) in [6.45, 7) is 6.53. The zero-order chi connectivity index (χ0) is 20.8. The quantitative estimate of drug-likeness (QED) is 0.186. The van der Waals surface area contributed by atoms with E-state index in [1.54, 1.807) is 7.11 Å². The van der Waals surface area contributed by atoms with E-state index in [-0.39, 0.29) is 36.5 Å². The molecule has 2 N–H and O–H groups in total. The van der Waals surface area contributed by atoms with Crippen LogP contribution in [0.4, 0.5) is 13.2 Å². The first kappa shape index (κ1) is 27.7. The first-order chi connectivity index (χ1) is 13.4. The molecule has 0 radical (unpaired) electrons. The van der Waals surface area contributed by atoms with E-state index in [1.165, 1.54) is 6.07 Å². The maximum absolute atomic E-state index is 12.5. The zero-order valence-corrected chi connectivity index (χ0v) is 19.4. The van der Waals surface area contributed by atoms with Gasteiger partial charge in [0.15, 0.2) is 5.96 Å². The molecule has 29 heavy (non-hydrogen) atoms. The lowest BCUT2D eigenvalue weighted by molar-refractivity contribution is -0.137. The molecule has 7 nitrogen and oxygen atoms in total. The van der Waals surface area contributed by atoms with Crippen LogP contribution in [0.2, 0.25) is 0 Å². The van der Waals surface area contributed by atoms with Crippen molar-refractivity contribution < 1.29 is 22.6 Å². The minimum absolute atomic E-state index is 0. The van der Waals surface area contributed by atoms with Crippen molar-refractivity contribution in [3.05, 3.63) is 23.9 Å². The molecule has 1 heterocycles. The number of nitrogens with one attached hydrogen (secondary N) is 2. The summed E-state index contributed by atoms with van der Waals surface area (Å²) in [5.74, 6) is 0.811. The number of hydrogen-bond donors (Lipinski definition) is 2. The fourth-order valence-corrected chi connectivity index (χ4v) is 2.22. The highest BCUT2D eigenvalue weighted by Gasteiger charge is 2.30. The van der Waals surface area contributed by atoms with E-state index >= 15 is 0 Å². The number of guanidine groups is 1. The molecule has 0 aromatic carbocycles. The number of pyridine rings is 1. The Kier molecular flexibility index (Phi) is 14.8. The lowest BCUT2D eigenvalue weighted by atomic mass is 10.3. The second-order valence-electron chi connectivity index (χ2n) is 6.07. The highest BCUT2D eigenvalue weighted by molar-refractivity contribution is 14.0. The first-order valence-electron chi connectivity index (χ1n) is 9.22. The van der Waals surface area contributed by atoms with Crippen molar-refractivity contribution >= 4 is 29.9 Å². The highest BCUT2D eigenvalue weighted by atomic mass is 127. The fraction of sp³-hybridized carbons (Fsp3) is 0.667. The number of ether oxygens (including phenoxy) is 2. The lowest BCUT2D eigenvalue weighted by Gasteiger charge is -2.16. The minimum atomic E-state index is -4.40. The van der Waals surface area contributed by atoms with Crippen molar-refractivity contribution in [2.45, 2.75) is 19.5 Å². The fourth-order valence-electron chi connectivity index (χ4n) is 2.22. The zero-order valence-electron chi connectivity index (χ0n) is 17.1. The Labute approximate surface area is 187 Å². The van der Waals surface area contributed by atoms with Crippen LogP contribution >= 0.6 is 24.0 Å². The van der Waals surface area contributed by atoms with Crippen LogP contribution < -0.4 is 15.4 Å². The highest BCUT2D eigenvalue weighted by Crippen LogP contribution is 2.29. The Morgan fingerprint density at radius 1 is 1.21 bits per heavy atom. The number of methoxy groups -OCH3 is 1. The molecule has 0 unspecified atom stereocenters. The number of nitrogens with zero attached hydrogens (tertiary/aromatic N) is 3. The summed E-state index contributed by atoms with van der Waals surface area (Å²) in [5, 5.41) is 6.26. The molecule has 11 heteroatoms. The maximum Gasteiger partial charge on any atom is 0.417 e. The number of rotatable bonds is 12. The van der Waals surface area contributed by atoms with Crippen molar-refractivity contribution in [3.8, 4) is 5.88 Å². The summed E-state index contributed by atoms with van der Waals surface area (Å²) in [7, 11) is 3.73. The van der Waals surface area contributed by atoms with Gasteiger partial charge in [-0.2, -0.15) is 13.2 Å². The predicted molar refractivity (Wildman–Crippen MR) is 118 cm³/mol. The summed E-state index contributed by atoms with van der Waals surface area (Å²) in [4.78, 5) is 10.3. The number of aliphatic imine (C=N–C) groups is 1. The summed E-state index contributed by atoms with van der Waals surface area (Å²) in [6.07, 6.45) is -2.66. The average Bonchev–Trinajstić information content (AvgIpc) is 2.65. The van der Waals surface area contributed by atoms with Crippen molar-refractivity contribution in [3.63, 3.8) is 0 Å². The molecular formula is C18H31F3IN5O2. The van der Waals surface area contributed by atoms with Gasteiger partial charge in [0, 0.05) is 45.6 Å². The van der Waals surface area contributed by atoms with E-state index in [0.29, 0.717) is 19.0 Å². The Morgan fingerprint density at radius 3 is 2.55 bits per heavy atom. The monoisotopic (exact) mass is 533 g/mol. The number of aromatic nitrogens is 1. The third kappa shape index (κ3) is 12.7. The molecule has 0 saturated carbocycles. The van der Waals surface area contributed by atoms with E-state index < -0.39 is 11.7 Å². The molecule has 0 aliphatic heterocycles. The van der Waals surface area contributed by atoms with Gasteiger partial charge in [0.2, 0.25) is 5.88 Å². The summed E-state index contributed by atoms with van der Waals surface area (Å²) < 4.78 is 47.9. The van der Waals surface area contributed by atoms with Crippen molar-refractivity contribution in [1.29, 1.82) is 0 Å². The topological polar surface area (TPSA) is 71.0 Å². The molecule has 1 aromatic rings. The van der Waals surface area contributed by atoms with Gasteiger partial charge in [0.25, 0.3) is 0 Å². The number of hydrogen-bond acceptors (Lipinski definition) is 5. The van der Waals surface area contributed by atoms with Crippen molar-refractivity contribution in [1.82, 2.24) is 20.5 Å². The molecule has 0 atom stereocenters. The largest absolute Gasteiger partial charge is 0.476 e. The van der Waals surface area contributed by atoms with Gasteiger partial charge >= 0.3 is 6.18 Å². The molecule has 1 aromatic heterocycles. The van der Waals surface area contributed by atoms with Crippen molar-refractivity contribution in [2.24, 2.45) is 4.99 Å². The summed E-state index contributed by atoms with van der Waals surface area (Å²) >= 11 is 0.